The Labute approximate surface area is 203 Å². The molecule has 0 saturated heterocycles. The lowest BCUT2D eigenvalue weighted by Crippen LogP contribution is -2.16. The number of hydrogen-bond donors (Lipinski definition) is 3. The number of allylic oxidation sites excluding steroid dienone is 1. The molecular weight excluding hydrogens is 445 g/mol. The Morgan fingerprint density at radius 3 is 2.57 bits per heavy atom. The summed E-state index contributed by atoms with van der Waals surface area (Å²) in [7, 11) is 1.60. The molecule has 2 aliphatic rings. The van der Waals surface area contributed by atoms with Gasteiger partial charge < -0.3 is 15.3 Å². The van der Waals surface area contributed by atoms with Crippen LogP contribution in [0, 0.1) is 5.92 Å². The molecule has 1 atom stereocenters. The topological polar surface area (TPSA) is 83.5 Å². The van der Waals surface area contributed by atoms with Crippen molar-refractivity contribution >= 4 is 28.9 Å². The molecule has 0 bridgehead atoms. The number of anilines is 1. The molecule has 178 valence electrons. The van der Waals surface area contributed by atoms with Crippen LogP contribution in [0.4, 0.5) is 10.1 Å². The fourth-order valence-electron chi connectivity index (χ4n) is 4.58. The first-order chi connectivity index (χ1) is 17.0. The van der Waals surface area contributed by atoms with Gasteiger partial charge in [0.05, 0.1) is 18.5 Å². The van der Waals surface area contributed by atoms with Crippen molar-refractivity contribution in [2.24, 2.45) is 5.92 Å². The number of hydrogen-bond acceptors (Lipinski definition) is 5. The summed E-state index contributed by atoms with van der Waals surface area (Å²) in [4.78, 5) is 15.7. The van der Waals surface area contributed by atoms with Crippen LogP contribution >= 0.6 is 0 Å². The maximum atomic E-state index is 14.5. The van der Waals surface area contributed by atoms with E-state index in [0.717, 1.165) is 64.6 Å². The number of hydrazine groups is 1. The summed E-state index contributed by atoms with van der Waals surface area (Å²) >= 11 is 0. The molecule has 1 unspecified atom stereocenters. The van der Waals surface area contributed by atoms with E-state index < -0.39 is 12.3 Å². The number of carboxylic acids is 1. The molecule has 2 aromatic carbocycles. The second kappa shape index (κ2) is 9.72. The predicted molar refractivity (Wildman–Crippen MR) is 134 cm³/mol. The van der Waals surface area contributed by atoms with Gasteiger partial charge in [-0.2, -0.15) is 0 Å². The molecule has 1 fully saturated rings. The van der Waals surface area contributed by atoms with Crippen LogP contribution < -0.4 is 15.6 Å². The van der Waals surface area contributed by atoms with Crippen molar-refractivity contribution in [3.8, 4) is 5.88 Å². The van der Waals surface area contributed by atoms with Gasteiger partial charge >= 0.3 is 5.97 Å². The van der Waals surface area contributed by atoms with Crippen LogP contribution in [-0.2, 0) is 4.79 Å². The van der Waals surface area contributed by atoms with E-state index in [4.69, 9.17) is 14.8 Å². The third kappa shape index (κ3) is 4.68. The number of alkyl halides is 1. The lowest BCUT2D eigenvalue weighted by molar-refractivity contribution is -0.131. The summed E-state index contributed by atoms with van der Waals surface area (Å²) in [5, 5.41) is 8.95. The van der Waals surface area contributed by atoms with Crippen LogP contribution in [0.2, 0.25) is 0 Å². The molecule has 0 spiro atoms. The summed E-state index contributed by atoms with van der Waals surface area (Å²) < 4.78 is 20.0. The highest BCUT2D eigenvalue weighted by atomic mass is 19.1. The van der Waals surface area contributed by atoms with Gasteiger partial charge in [-0.1, -0.05) is 42.8 Å². The number of carbonyl (C=O) groups is 1. The zero-order chi connectivity index (χ0) is 24.4. The Kier molecular flexibility index (Phi) is 6.33. The van der Waals surface area contributed by atoms with Crippen molar-refractivity contribution < 1.29 is 19.0 Å². The van der Waals surface area contributed by atoms with Crippen LogP contribution in [0.5, 0.6) is 5.88 Å². The number of pyridine rings is 1. The second-order valence-corrected chi connectivity index (χ2v) is 8.71. The van der Waals surface area contributed by atoms with Crippen LogP contribution in [0.3, 0.4) is 0 Å². The highest BCUT2D eigenvalue weighted by molar-refractivity contribution is 5.99. The minimum atomic E-state index is -1.29. The zero-order valence-electron chi connectivity index (χ0n) is 19.3. The maximum absolute atomic E-state index is 14.5. The Hall–Kier alpha value is -3.97. The van der Waals surface area contributed by atoms with Gasteiger partial charge in [0.15, 0.2) is 6.30 Å². The number of aromatic nitrogens is 1. The highest BCUT2D eigenvalue weighted by Crippen LogP contribution is 2.45. The van der Waals surface area contributed by atoms with Crippen LogP contribution in [-0.4, -0.2) is 23.2 Å². The van der Waals surface area contributed by atoms with Crippen LogP contribution in [0.1, 0.15) is 53.5 Å². The van der Waals surface area contributed by atoms with Crippen molar-refractivity contribution in [3.05, 3.63) is 94.7 Å². The first-order valence-electron chi connectivity index (χ1n) is 11.6. The summed E-state index contributed by atoms with van der Waals surface area (Å²) in [5.41, 5.74) is 12.4. The van der Waals surface area contributed by atoms with Crippen molar-refractivity contribution in [1.82, 2.24) is 10.4 Å². The van der Waals surface area contributed by atoms with Gasteiger partial charge in [0.2, 0.25) is 5.88 Å². The van der Waals surface area contributed by atoms with E-state index >= 15 is 0 Å². The predicted octanol–water partition coefficient (Wildman–Crippen LogP) is 5.85. The molecule has 1 aliphatic carbocycles. The van der Waals surface area contributed by atoms with Crippen molar-refractivity contribution in [1.29, 1.82) is 0 Å². The van der Waals surface area contributed by atoms with Crippen molar-refractivity contribution in [3.63, 3.8) is 0 Å². The van der Waals surface area contributed by atoms with E-state index in [9.17, 15) is 9.18 Å². The van der Waals surface area contributed by atoms with E-state index in [2.05, 4.69) is 10.9 Å². The standard InChI is InChI=1S/C28H26FN3O3/c1-35-24-7-3-6-23(30-24)27(18-4-2-5-18)26(19-11-8-17(9-12-19)10-15-25(33)34)20-13-14-22-21(16-20)28(29)32-31-22/h3,6-16,18,28,31-32H,2,4-5H2,1H3,(H,33,34)/b15-10+,27-26+. The number of benzene rings is 2. The van der Waals surface area contributed by atoms with E-state index in [-0.39, 0.29) is 0 Å². The number of aliphatic carboxylic acids is 1. The minimum absolute atomic E-state index is 0.321. The third-order valence-electron chi connectivity index (χ3n) is 6.56. The van der Waals surface area contributed by atoms with Gasteiger partial charge in [0.1, 0.15) is 0 Å². The van der Waals surface area contributed by atoms with E-state index in [1.54, 1.807) is 13.2 Å². The van der Waals surface area contributed by atoms with Gasteiger partial charge in [-0.15, -0.1) is 0 Å². The fourth-order valence-corrected chi connectivity index (χ4v) is 4.58. The highest BCUT2D eigenvalue weighted by Gasteiger charge is 2.29. The number of nitrogens with zero attached hydrogens (tertiary/aromatic N) is 1. The van der Waals surface area contributed by atoms with Gasteiger partial charge in [-0.3, -0.25) is 0 Å². The third-order valence-corrected chi connectivity index (χ3v) is 6.56. The lowest BCUT2D eigenvalue weighted by atomic mass is 9.74. The minimum Gasteiger partial charge on any atom is -0.481 e. The number of carboxylic acid groups (broad SMARTS) is 1. The average Bonchev–Trinajstić information content (AvgIpc) is 3.22. The molecular formula is C28H26FN3O3. The molecule has 7 heteroatoms. The molecule has 6 nitrogen and oxygen atoms in total. The number of fused-ring (bicyclic) bond motifs is 1. The lowest BCUT2D eigenvalue weighted by Gasteiger charge is -2.31. The fraction of sp³-hybridized carbons (Fsp3) is 0.214. The summed E-state index contributed by atoms with van der Waals surface area (Å²) in [6, 6.07) is 19.3. The maximum Gasteiger partial charge on any atom is 0.328 e. The first kappa shape index (κ1) is 22.8. The molecule has 3 aromatic rings. The number of nitrogens with one attached hydrogen (secondary N) is 2. The largest absolute Gasteiger partial charge is 0.481 e. The van der Waals surface area contributed by atoms with Crippen molar-refractivity contribution in [2.75, 3.05) is 12.5 Å². The molecule has 0 amide bonds. The Morgan fingerprint density at radius 2 is 1.89 bits per heavy atom. The second-order valence-electron chi connectivity index (χ2n) is 8.71. The molecule has 3 N–H and O–H groups in total. The van der Waals surface area contributed by atoms with E-state index in [1.165, 1.54) is 0 Å². The summed E-state index contributed by atoms with van der Waals surface area (Å²) in [5.74, 6) is -0.131. The van der Waals surface area contributed by atoms with Crippen LogP contribution in [0.25, 0.3) is 17.2 Å². The summed E-state index contributed by atoms with van der Waals surface area (Å²) in [6.45, 7) is 0. The molecule has 5 rings (SSSR count). The molecule has 2 heterocycles. The van der Waals surface area contributed by atoms with Gasteiger partial charge in [0.25, 0.3) is 0 Å². The zero-order valence-corrected chi connectivity index (χ0v) is 19.3. The smallest absolute Gasteiger partial charge is 0.328 e. The summed E-state index contributed by atoms with van der Waals surface area (Å²) in [6.07, 6.45) is 4.64. The molecule has 0 radical (unpaired) electrons. The number of methoxy groups -OCH3 is 1. The first-order valence-corrected chi connectivity index (χ1v) is 11.6. The average molecular weight is 472 g/mol. The van der Waals surface area contributed by atoms with E-state index in [1.807, 2.05) is 60.7 Å². The molecule has 1 saturated carbocycles. The SMILES string of the molecule is COc1cccc(/C(=C(\c2ccc(/C=C/C(=O)O)cc2)c2ccc3c(c2)C(F)NN3)C2CCC2)n1. The molecule has 1 aliphatic heterocycles. The van der Waals surface area contributed by atoms with E-state index in [0.29, 0.717) is 17.4 Å². The van der Waals surface area contributed by atoms with Gasteiger partial charge in [0, 0.05) is 17.7 Å². The van der Waals surface area contributed by atoms with Crippen LogP contribution in [0.15, 0.2) is 66.7 Å². The number of halogens is 1. The number of rotatable bonds is 7. The van der Waals surface area contributed by atoms with Gasteiger partial charge in [-0.25, -0.2) is 19.6 Å². The Bertz CT molecular complexity index is 1310. The Balaban J connectivity index is 1.71. The number of ether oxygens (including phenoxy) is 1. The normalized spacial score (nSPS) is 17.9. The molecule has 1 aromatic heterocycles. The Morgan fingerprint density at radius 1 is 1.11 bits per heavy atom. The monoisotopic (exact) mass is 471 g/mol. The van der Waals surface area contributed by atoms with Crippen molar-refractivity contribution in [2.45, 2.75) is 25.6 Å². The quantitative estimate of drug-likeness (QED) is 0.296. The molecule has 35 heavy (non-hydrogen) atoms. The van der Waals surface area contributed by atoms with Gasteiger partial charge in [-0.05, 0) is 70.9 Å².